The number of halogens is 1. The van der Waals surface area contributed by atoms with Crippen molar-refractivity contribution in [3.63, 3.8) is 0 Å². The Labute approximate surface area is 167 Å². The number of hydrogen-bond acceptors (Lipinski definition) is 4. The zero-order valence-corrected chi connectivity index (χ0v) is 16.4. The number of nitrogens with one attached hydrogen (secondary N) is 1. The second-order valence-corrected chi connectivity index (χ2v) is 7.17. The summed E-state index contributed by atoms with van der Waals surface area (Å²) in [6, 6.07) is 5.73. The molecule has 1 aliphatic rings. The number of aromatic nitrogens is 2. The standard InChI is InChI=1S/C20H24FN5O3/c1-23-19(28)16-17(18(22)27)26(11-24-16)15-7-3-12(4-8-15)20(29)25(2)14-9-5-13(21)6-10-14/h5-6,9-12,15H,3-4,7-8H2,1-2H3,(H2,22,27)(H,23,28). The van der Waals surface area contributed by atoms with Crippen LogP contribution in [0.5, 0.6) is 0 Å². The van der Waals surface area contributed by atoms with Crippen molar-refractivity contribution in [3.8, 4) is 0 Å². The molecule has 3 rings (SSSR count). The Morgan fingerprint density at radius 3 is 2.34 bits per heavy atom. The molecular weight excluding hydrogens is 377 g/mol. The van der Waals surface area contributed by atoms with Crippen molar-refractivity contribution < 1.29 is 18.8 Å². The van der Waals surface area contributed by atoms with Gasteiger partial charge in [-0.3, -0.25) is 14.4 Å². The number of amides is 3. The predicted octanol–water partition coefficient (Wildman–Crippen LogP) is 1.87. The zero-order valence-electron chi connectivity index (χ0n) is 16.4. The molecule has 1 fully saturated rings. The molecule has 0 unspecified atom stereocenters. The molecule has 154 valence electrons. The van der Waals surface area contributed by atoms with Gasteiger partial charge in [-0.15, -0.1) is 0 Å². The third-order valence-electron chi connectivity index (χ3n) is 5.45. The van der Waals surface area contributed by atoms with E-state index >= 15 is 0 Å². The van der Waals surface area contributed by atoms with E-state index in [-0.39, 0.29) is 35.1 Å². The molecule has 3 N–H and O–H groups in total. The second-order valence-electron chi connectivity index (χ2n) is 7.17. The summed E-state index contributed by atoms with van der Waals surface area (Å²) in [5.41, 5.74) is 6.21. The maximum absolute atomic E-state index is 13.1. The van der Waals surface area contributed by atoms with Gasteiger partial charge in [-0.05, 0) is 49.9 Å². The lowest BCUT2D eigenvalue weighted by atomic mass is 9.85. The van der Waals surface area contributed by atoms with E-state index in [4.69, 9.17) is 5.73 Å². The lowest BCUT2D eigenvalue weighted by Crippen LogP contribution is -2.35. The van der Waals surface area contributed by atoms with Crippen molar-refractivity contribution in [3.05, 3.63) is 47.8 Å². The molecule has 0 spiro atoms. The summed E-state index contributed by atoms with van der Waals surface area (Å²) in [4.78, 5) is 42.3. The number of benzene rings is 1. The highest BCUT2D eigenvalue weighted by Crippen LogP contribution is 2.35. The number of nitrogens with two attached hydrogens (primary N) is 1. The van der Waals surface area contributed by atoms with E-state index in [1.165, 1.54) is 25.5 Å². The first-order valence-corrected chi connectivity index (χ1v) is 9.45. The van der Waals surface area contributed by atoms with Crippen molar-refractivity contribution in [2.45, 2.75) is 31.7 Å². The van der Waals surface area contributed by atoms with E-state index in [0.29, 0.717) is 31.4 Å². The SMILES string of the molecule is CNC(=O)c1ncn(C2CCC(C(=O)N(C)c3ccc(F)cc3)CC2)c1C(N)=O. The molecule has 1 aliphatic carbocycles. The normalized spacial score (nSPS) is 18.9. The minimum absolute atomic E-state index is 0.00856. The molecule has 1 heterocycles. The van der Waals surface area contributed by atoms with Crippen molar-refractivity contribution in [1.29, 1.82) is 0 Å². The molecule has 0 bridgehead atoms. The van der Waals surface area contributed by atoms with Crippen molar-refractivity contribution in [2.24, 2.45) is 11.7 Å². The minimum Gasteiger partial charge on any atom is -0.364 e. The summed E-state index contributed by atoms with van der Waals surface area (Å²) < 4.78 is 14.8. The fourth-order valence-corrected chi connectivity index (χ4v) is 3.83. The Kier molecular flexibility index (Phi) is 5.95. The highest BCUT2D eigenvalue weighted by atomic mass is 19.1. The summed E-state index contributed by atoms with van der Waals surface area (Å²) >= 11 is 0. The second kappa shape index (κ2) is 8.42. The van der Waals surface area contributed by atoms with E-state index in [2.05, 4.69) is 10.3 Å². The summed E-state index contributed by atoms with van der Waals surface area (Å²) in [5.74, 6) is -1.73. The molecule has 9 heteroatoms. The quantitative estimate of drug-likeness (QED) is 0.797. The molecule has 0 saturated heterocycles. The topological polar surface area (TPSA) is 110 Å². The third kappa shape index (κ3) is 4.13. The van der Waals surface area contributed by atoms with Crippen molar-refractivity contribution in [2.75, 3.05) is 19.0 Å². The molecule has 1 aromatic heterocycles. The smallest absolute Gasteiger partial charge is 0.272 e. The molecular formula is C20H24FN5O3. The van der Waals surface area contributed by atoms with Crippen LogP contribution in [-0.4, -0.2) is 41.4 Å². The highest BCUT2D eigenvalue weighted by Gasteiger charge is 2.32. The van der Waals surface area contributed by atoms with Crippen LogP contribution in [0, 0.1) is 11.7 Å². The highest BCUT2D eigenvalue weighted by molar-refractivity contribution is 6.04. The number of carbonyl (C=O) groups is 3. The Morgan fingerprint density at radius 1 is 1.17 bits per heavy atom. The molecule has 8 nitrogen and oxygen atoms in total. The maximum atomic E-state index is 13.1. The van der Waals surface area contributed by atoms with Crippen LogP contribution in [0.3, 0.4) is 0 Å². The number of imidazole rings is 1. The number of carbonyl (C=O) groups excluding carboxylic acids is 3. The number of rotatable bonds is 5. The maximum Gasteiger partial charge on any atom is 0.272 e. The average Bonchev–Trinajstić information content (AvgIpc) is 3.18. The van der Waals surface area contributed by atoms with E-state index in [1.54, 1.807) is 28.6 Å². The fraction of sp³-hybridized carbons (Fsp3) is 0.400. The molecule has 0 radical (unpaired) electrons. The van der Waals surface area contributed by atoms with Gasteiger partial charge in [0, 0.05) is 31.7 Å². The Hall–Kier alpha value is -3.23. The first-order valence-electron chi connectivity index (χ1n) is 9.45. The Morgan fingerprint density at radius 2 is 1.79 bits per heavy atom. The largest absolute Gasteiger partial charge is 0.364 e. The number of hydrogen-bond donors (Lipinski definition) is 2. The van der Waals surface area contributed by atoms with Gasteiger partial charge in [0.1, 0.15) is 11.5 Å². The fourth-order valence-electron chi connectivity index (χ4n) is 3.83. The van der Waals surface area contributed by atoms with Crippen LogP contribution in [0.2, 0.25) is 0 Å². The third-order valence-corrected chi connectivity index (χ3v) is 5.45. The monoisotopic (exact) mass is 401 g/mol. The van der Waals surface area contributed by atoms with Gasteiger partial charge in [-0.1, -0.05) is 0 Å². The van der Waals surface area contributed by atoms with Crippen LogP contribution in [0.15, 0.2) is 30.6 Å². The molecule has 1 saturated carbocycles. The zero-order chi connectivity index (χ0) is 21.1. The van der Waals surface area contributed by atoms with Crippen LogP contribution < -0.4 is 16.0 Å². The van der Waals surface area contributed by atoms with Gasteiger partial charge in [-0.2, -0.15) is 0 Å². The Bertz CT molecular complexity index is 917. The van der Waals surface area contributed by atoms with E-state index in [1.807, 2.05) is 0 Å². The molecule has 3 amide bonds. The molecule has 2 aromatic rings. The number of anilines is 1. The van der Waals surface area contributed by atoms with Gasteiger partial charge in [0.15, 0.2) is 5.69 Å². The van der Waals surface area contributed by atoms with Crippen LogP contribution in [0.25, 0.3) is 0 Å². The Balaban J connectivity index is 1.70. The van der Waals surface area contributed by atoms with Gasteiger partial charge < -0.3 is 20.5 Å². The van der Waals surface area contributed by atoms with Crippen LogP contribution in [-0.2, 0) is 4.79 Å². The molecule has 29 heavy (non-hydrogen) atoms. The van der Waals surface area contributed by atoms with Gasteiger partial charge in [0.25, 0.3) is 11.8 Å². The average molecular weight is 401 g/mol. The summed E-state index contributed by atoms with van der Waals surface area (Å²) in [6.45, 7) is 0. The summed E-state index contributed by atoms with van der Waals surface area (Å²) in [7, 11) is 3.14. The first-order chi connectivity index (χ1) is 13.8. The summed E-state index contributed by atoms with van der Waals surface area (Å²) in [5, 5.41) is 2.45. The lowest BCUT2D eigenvalue weighted by Gasteiger charge is -2.31. The molecule has 1 aromatic carbocycles. The summed E-state index contributed by atoms with van der Waals surface area (Å²) in [6.07, 6.45) is 4.01. The van der Waals surface area contributed by atoms with Crippen molar-refractivity contribution in [1.82, 2.24) is 14.9 Å². The van der Waals surface area contributed by atoms with Crippen LogP contribution >= 0.6 is 0 Å². The molecule has 0 aliphatic heterocycles. The predicted molar refractivity (Wildman–Crippen MR) is 105 cm³/mol. The van der Waals surface area contributed by atoms with E-state index < -0.39 is 11.8 Å². The number of primary amides is 1. The van der Waals surface area contributed by atoms with Crippen molar-refractivity contribution >= 4 is 23.4 Å². The van der Waals surface area contributed by atoms with E-state index in [0.717, 1.165) is 0 Å². The van der Waals surface area contributed by atoms with E-state index in [9.17, 15) is 18.8 Å². The van der Waals surface area contributed by atoms with Gasteiger partial charge in [0.05, 0.1) is 6.33 Å². The van der Waals surface area contributed by atoms with Crippen LogP contribution in [0.4, 0.5) is 10.1 Å². The first kappa shape index (κ1) is 20.5. The van der Waals surface area contributed by atoms with Crippen LogP contribution in [0.1, 0.15) is 52.7 Å². The van der Waals surface area contributed by atoms with Gasteiger partial charge in [-0.25, -0.2) is 9.37 Å². The number of nitrogens with zero attached hydrogens (tertiary/aromatic N) is 3. The van der Waals surface area contributed by atoms with Gasteiger partial charge >= 0.3 is 0 Å². The lowest BCUT2D eigenvalue weighted by molar-refractivity contribution is -0.123. The van der Waals surface area contributed by atoms with Gasteiger partial charge in [0.2, 0.25) is 5.91 Å². The minimum atomic E-state index is -0.713. The molecule has 0 atom stereocenters.